The van der Waals surface area contributed by atoms with Crippen molar-refractivity contribution >= 4 is 29.9 Å². The first-order chi connectivity index (χ1) is 13.6. The molecule has 6 nitrogen and oxygen atoms in total. The van der Waals surface area contributed by atoms with Gasteiger partial charge in [0.05, 0.1) is 6.61 Å². The zero-order chi connectivity index (χ0) is 20.4. The van der Waals surface area contributed by atoms with Crippen molar-refractivity contribution in [1.29, 1.82) is 0 Å². The number of halogens is 1. The van der Waals surface area contributed by atoms with E-state index in [0.717, 1.165) is 56.5 Å². The van der Waals surface area contributed by atoms with Crippen molar-refractivity contribution in [3.63, 3.8) is 0 Å². The van der Waals surface area contributed by atoms with Crippen LogP contribution in [0, 0.1) is 6.92 Å². The zero-order valence-corrected chi connectivity index (χ0v) is 21.2. The molecule has 0 spiro atoms. The Labute approximate surface area is 194 Å². The number of ether oxygens (including phenoxy) is 1. The standard InChI is InChI=1S/C22H39N5O.HI/c1-6-14-28-21-15-18(3)8-9-20(21)17-25-22(23-5)24-16-19(4)27-12-10-26(7-2)11-13-27;/h8-9,15,19H,6-7,10-14,16-17H2,1-5H3,(H2,23,24,25);1H. The van der Waals surface area contributed by atoms with E-state index >= 15 is 0 Å². The highest BCUT2D eigenvalue weighted by Gasteiger charge is 2.20. The van der Waals surface area contributed by atoms with E-state index in [1.807, 2.05) is 7.05 Å². The molecule has 166 valence electrons. The lowest BCUT2D eigenvalue weighted by Gasteiger charge is -2.37. The first-order valence-electron chi connectivity index (χ1n) is 10.7. The quantitative estimate of drug-likeness (QED) is 0.300. The van der Waals surface area contributed by atoms with Crippen LogP contribution in [0.25, 0.3) is 0 Å². The minimum absolute atomic E-state index is 0. The molecule has 1 fully saturated rings. The summed E-state index contributed by atoms with van der Waals surface area (Å²) >= 11 is 0. The summed E-state index contributed by atoms with van der Waals surface area (Å²) in [4.78, 5) is 9.45. The van der Waals surface area contributed by atoms with Crippen molar-refractivity contribution in [2.24, 2.45) is 4.99 Å². The summed E-state index contributed by atoms with van der Waals surface area (Å²) in [6.07, 6.45) is 1.01. The van der Waals surface area contributed by atoms with Crippen LogP contribution in [0.3, 0.4) is 0 Å². The smallest absolute Gasteiger partial charge is 0.191 e. The fraction of sp³-hybridized carbons (Fsp3) is 0.682. The highest BCUT2D eigenvalue weighted by atomic mass is 127. The van der Waals surface area contributed by atoms with Crippen LogP contribution in [-0.4, -0.2) is 74.7 Å². The van der Waals surface area contributed by atoms with Crippen LogP contribution in [-0.2, 0) is 6.54 Å². The molecule has 2 rings (SSSR count). The van der Waals surface area contributed by atoms with Gasteiger partial charge in [0.1, 0.15) is 5.75 Å². The Balaban J connectivity index is 0.00000420. The van der Waals surface area contributed by atoms with Crippen LogP contribution in [0.2, 0.25) is 0 Å². The molecule has 1 saturated heterocycles. The first-order valence-corrected chi connectivity index (χ1v) is 10.7. The highest BCUT2D eigenvalue weighted by molar-refractivity contribution is 14.0. The molecule has 1 heterocycles. The first kappa shape index (κ1) is 26.0. The number of likely N-dealkylation sites (N-methyl/N-ethyl adjacent to an activating group) is 1. The monoisotopic (exact) mass is 517 g/mol. The van der Waals surface area contributed by atoms with Gasteiger partial charge in [-0.25, -0.2) is 0 Å². The van der Waals surface area contributed by atoms with Gasteiger partial charge in [-0.15, -0.1) is 24.0 Å². The second-order valence-corrected chi connectivity index (χ2v) is 7.59. The molecule has 1 atom stereocenters. The highest BCUT2D eigenvalue weighted by Crippen LogP contribution is 2.20. The Hall–Kier alpha value is -1.06. The third kappa shape index (κ3) is 8.68. The number of hydrogen-bond acceptors (Lipinski definition) is 4. The predicted molar refractivity (Wildman–Crippen MR) is 134 cm³/mol. The number of nitrogens with zero attached hydrogens (tertiary/aromatic N) is 3. The second-order valence-electron chi connectivity index (χ2n) is 7.59. The molecule has 0 bridgehead atoms. The molecular weight excluding hydrogens is 477 g/mol. The van der Waals surface area contributed by atoms with Gasteiger partial charge in [0, 0.05) is 57.9 Å². The van der Waals surface area contributed by atoms with Gasteiger partial charge < -0.3 is 20.3 Å². The molecule has 0 amide bonds. The van der Waals surface area contributed by atoms with Gasteiger partial charge in [-0.1, -0.05) is 26.0 Å². The fourth-order valence-electron chi connectivity index (χ4n) is 3.45. The maximum Gasteiger partial charge on any atom is 0.191 e. The molecule has 0 aliphatic carbocycles. The molecule has 7 heteroatoms. The number of piperazine rings is 1. The summed E-state index contributed by atoms with van der Waals surface area (Å²) in [6.45, 7) is 16.9. The molecule has 1 aromatic rings. The Morgan fingerprint density at radius 2 is 1.90 bits per heavy atom. The maximum atomic E-state index is 5.92. The molecule has 2 N–H and O–H groups in total. The number of rotatable bonds is 9. The van der Waals surface area contributed by atoms with Crippen LogP contribution in [0.1, 0.15) is 38.3 Å². The molecule has 1 aliphatic heterocycles. The maximum absolute atomic E-state index is 5.92. The molecule has 0 radical (unpaired) electrons. The van der Waals surface area contributed by atoms with Gasteiger partial charge in [-0.2, -0.15) is 0 Å². The van der Waals surface area contributed by atoms with Gasteiger partial charge in [-0.3, -0.25) is 9.89 Å². The topological polar surface area (TPSA) is 52.1 Å². The van der Waals surface area contributed by atoms with E-state index in [1.54, 1.807) is 0 Å². The third-order valence-corrected chi connectivity index (χ3v) is 5.40. The minimum Gasteiger partial charge on any atom is -0.493 e. The van der Waals surface area contributed by atoms with Crippen molar-refractivity contribution in [2.75, 3.05) is 52.9 Å². The van der Waals surface area contributed by atoms with Crippen LogP contribution in [0.4, 0.5) is 0 Å². The SMILES string of the molecule is CCCOc1cc(C)ccc1CNC(=NC)NCC(C)N1CCN(CC)CC1.I. The Bertz CT molecular complexity index is 617. The van der Waals surface area contributed by atoms with Gasteiger partial charge in [-0.05, 0) is 38.4 Å². The molecule has 0 saturated carbocycles. The summed E-state index contributed by atoms with van der Waals surface area (Å²) in [7, 11) is 1.82. The minimum atomic E-state index is 0. The van der Waals surface area contributed by atoms with Crippen molar-refractivity contribution < 1.29 is 4.74 Å². The Morgan fingerprint density at radius 3 is 2.52 bits per heavy atom. The lowest BCUT2D eigenvalue weighted by atomic mass is 10.1. The summed E-state index contributed by atoms with van der Waals surface area (Å²) in [5.41, 5.74) is 2.38. The van der Waals surface area contributed by atoms with Gasteiger partial charge in [0.25, 0.3) is 0 Å². The normalized spacial score (nSPS) is 16.8. The molecule has 1 aromatic carbocycles. The number of benzene rings is 1. The third-order valence-electron chi connectivity index (χ3n) is 5.40. The van der Waals surface area contributed by atoms with E-state index in [1.165, 1.54) is 18.7 Å². The number of aryl methyl sites for hydroxylation is 1. The van der Waals surface area contributed by atoms with Gasteiger partial charge >= 0.3 is 0 Å². The Morgan fingerprint density at radius 1 is 1.17 bits per heavy atom. The molecule has 29 heavy (non-hydrogen) atoms. The van der Waals surface area contributed by atoms with Crippen molar-refractivity contribution in [3.8, 4) is 5.75 Å². The van der Waals surface area contributed by atoms with Gasteiger partial charge in [0.2, 0.25) is 0 Å². The average Bonchev–Trinajstić information content (AvgIpc) is 2.73. The lowest BCUT2D eigenvalue weighted by Crippen LogP contribution is -2.53. The molecular formula is C22H40IN5O. The van der Waals surface area contributed by atoms with Crippen molar-refractivity contribution in [3.05, 3.63) is 29.3 Å². The predicted octanol–water partition coefficient (Wildman–Crippen LogP) is 3.09. The van der Waals surface area contributed by atoms with E-state index in [2.05, 4.69) is 71.3 Å². The van der Waals surface area contributed by atoms with Crippen LogP contribution in [0.5, 0.6) is 5.75 Å². The van der Waals surface area contributed by atoms with E-state index in [4.69, 9.17) is 4.74 Å². The average molecular weight is 518 g/mol. The molecule has 0 aromatic heterocycles. The lowest BCUT2D eigenvalue weighted by molar-refractivity contribution is 0.107. The summed E-state index contributed by atoms with van der Waals surface area (Å²) in [5, 5.41) is 6.91. The Kier molecular flexibility index (Phi) is 12.6. The van der Waals surface area contributed by atoms with E-state index < -0.39 is 0 Å². The van der Waals surface area contributed by atoms with Crippen LogP contribution < -0.4 is 15.4 Å². The largest absolute Gasteiger partial charge is 0.493 e. The fourth-order valence-corrected chi connectivity index (χ4v) is 3.45. The van der Waals surface area contributed by atoms with Crippen LogP contribution >= 0.6 is 24.0 Å². The summed E-state index contributed by atoms with van der Waals surface area (Å²) in [5.74, 6) is 1.80. The summed E-state index contributed by atoms with van der Waals surface area (Å²) < 4.78 is 5.92. The van der Waals surface area contributed by atoms with Crippen molar-refractivity contribution in [2.45, 2.75) is 46.7 Å². The van der Waals surface area contributed by atoms with E-state index in [-0.39, 0.29) is 24.0 Å². The van der Waals surface area contributed by atoms with Crippen molar-refractivity contribution in [1.82, 2.24) is 20.4 Å². The van der Waals surface area contributed by atoms with Gasteiger partial charge in [0.15, 0.2) is 5.96 Å². The zero-order valence-electron chi connectivity index (χ0n) is 18.8. The number of aliphatic imine (C=N–C) groups is 1. The number of hydrogen-bond donors (Lipinski definition) is 2. The number of guanidine groups is 1. The number of nitrogens with one attached hydrogen (secondary N) is 2. The molecule has 1 unspecified atom stereocenters. The van der Waals surface area contributed by atoms with E-state index in [9.17, 15) is 0 Å². The second kappa shape index (κ2) is 14.0. The molecule has 1 aliphatic rings. The van der Waals surface area contributed by atoms with E-state index in [0.29, 0.717) is 12.6 Å². The van der Waals surface area contributed by atoms with Crippen LogP contribution in [0.15, 0.2) is 23.2 Å². The summed E-state index contributed by atoms with van der Waals surface area (Å²) in [6, 6.07) is 6.86.